The van der Waals surface area contributed by atoms with E-state index in [-0.39, 0.29) is 18.4 Å². The molecule has 6 nitrogen and oxygen atoms in total. The van der Waals surface area contributed by atoms with Gasteiger partial charge in [-0.2, -0.15) is 0 Å². The second kappa shape index (κ2) is 7.84. The minimum absolute atomic E-state index is 0.00500. The fourth-order valence-corrected chi connectivity index (χ4v) is 3.84. The topological polar surface area (TPSA) is 75.7 Å². The quantitative estimate of drug-likeness (QED) is 0.811. The van der Waals surface area contributed by atoms with Crippen molar-refractivity contribution in [1.29, 1.82) is 0 Å². The van der Waals surface area contributed by atoms with E-state index in [0.717, 1.165) is 25.7 Å². The SMILES string of the molecule is O=C(COC(=O)c1ccccc1N1CCCC1=O)Nc1ccc2c(c1)CCC2. The minimum Gasteiger partial charge on any atom is -0.452 e. The predicted octanol–water partition coefficient (Wildman–Crippen LogP) is 3.10. The third kappa shape index (κ3) is 3.76. The molecular weight excluding hydrogens is 356 g/mol. The molecule has 2 amide bonds. The van der Waals surface area contributed by atoms with Crippen LogP contribution < -0.4 is 10.2 Å². The lowest BCUT2D eigenvalue weighted by molar-refractivity contribution is -0.119. The summed E-state index contributed by atoms with van der Waals surface area (Å²) >= 11 is 0. The number of hydrogen-bond donors (Lipinski definition) is 1. The summed E-state index contributed by atoms with van der Waals surface area (Å²) in [6, 6.07) is 12.7. The van der Waals surface area contributed by atoms with Crippen molar-refractivity contribution in [2.45, 2.75) is 32.1 Å². The van der Waals surface area contributed by atoms with Crippen LogP contribution in [-0.4, -0.2) is 30.9 Å². The summed E-state index contributed by atoms with van der Waals surface area (Å²) in [6.45, 7) is 0.208. The smallest absolute Gasteiger partial charge is 0.340 e. The van der Waals surface area contributed by atoms with Crippen LogP contribution in [0.3, 0.4) is 0 Å². The standard InChI is InChI=1S/C22H22N2O4/c25-20(23-17-11-10-15-5-3-6-16(15)13-17)14-28-22(27)18-7-1-2-8-19(18)24-12-4-9-21(24)26/h1-2,7-8,10-11,13H,3-6,9,12,14H2,(H,23,25). The van der Waals surface area contributed by atoms with E-state index < -0.39 is 5.97 Å². The number of benzene rings is 2. The van der Waals surface area contributed by atoms with Crippen LogP contribution in [-0.2, 0) is 27.2 Å². The molecule has 1 fully saturated rings. The highest BCUT2D eigenvalue weighted by molar-refractivity contribution is 6.04. The van der Waals surface area contributed by atoms with Gasteiger partial charge in [0.25, 0.3) is 5.91 Å². The zero-order chi connectivity index (χ0) is 19.5. The van der Waals surface area contributed by atoms with Crippen LogP contribution in [0.1, 0.15) is 40.7 Å². The molecule has 0 bridgehead atoms. The van der Waals surface area contributed by atoms with Crippen molar-refractivity contribution in [3.8, 4) is 0 Å². The lowest BCUT2D eigenvalue weighted by atomic mass is 10.1. The molecule has 1 saturated heterocycles. The molecule has 144 valence electrons. The van der Waals surface area contributed by atoms with Gasteiger partial charge in [-0.15, -0.1) is 0 Å². The predicted molar refractivity (Wildman–Crippen MR) is 105 cm³/mol. The third-order valence-corrected chi connectivity index (χ3v) is 5.20. The van der Waals surface area contributed by atoms with Crippen LogP contribution in [0.25, 0.3) is 0 Å². The maximum Gasteiger partial charge on any atom is 0.340 e. The van der Waals surface area contributed by atoms with Crippen molar-refractivity contribution in [3.63, 3.8) is 0 Å². The first-order valence-corrected chi connectivity index (χ1v) is 9.60. The Bertz CT molecular complexity index is 938. The Morgan fingerprint density at radius 3 is 2.64 bits per heavy atom. The van der Waals surface area contributed by atoms with E-state index in [0.29, 0.717) is 29.9 Å². The fourth-order valence-electron chi connectivity index (χ4n) is 3.84. The molecule has 0 radical (unpaired) electrons. The maximum atomic E-state index is 12.5. The lowest BCUT2D eigenvalue weighted by Gasteiger charge is -2.18. The molecule has 1 aliphatic carbocycles. The Balaban J connectivity index is 1.38. The number of nitrogens with zero attached hydrogens (tertiary/aromatic N) is 1. The number of rotatable bonds is 5. The number of aryl methyl sites for hydroxylation is 2. The Morgan fingerprint density at radius 2 is 1.82 bits per heavy atom. The molecule has 0 aromatic heterocycles. The molecule has 1 aliphatic heterocycles. The molecule has 0 atom stereocenters. The number of fused-ring (bicyclic) bond motifs is 1. The van der Waals surface area contributed by atoms with E-state index in [1.54, 1.807) is 29.2 Å². The number of para-hydroxylation sites is 1. The van der Waals surface area contributed by atoms with E-state index in [1.807, 2.05) is 18.2 Å². The van der Waals surface area contributed by atoms with Crippen LogP contribution >= 0.6 is 0 Å². The molecule has 4 rings (SSSR count). The van der Waals surface area contributed by atoms with Crippen LogP contribution in [0.5, 0.6) is 0 Å². The first-order valence-electron chi connectivity index (χ1n) is 9.60. The number of carbonyl (C=O) groups is 3. The average molecular weight is 378 g/mol. The van der Waals surface area contributed by atoms with E-state index in [9.17, 15) is 14.4 Å². The van der Waals surface area contributed by atoms with Gasteiger partial charge >= 0.3 is 5.97 Å². The van der Waals surface area contributed by atoms with Gasteiger partial charge in [0.05, 0.1) is 11.3 Å². The molecule has 28 heavy (non-hydrogen) atoms. The summed E-state index contributed by atoms with van der Waals surface area (Å²) in [5.74, 6) is -1.00. The number of carbonyl (C=O) groups excluding carboxylic acids is 3. The summed E-state index contributed by atoms with van der Waals surface area (Å²) in [5, 5.41) is 2.77. The lowest BCUT2D eigenvalue weighted by Crippen LogP contribution is -2.27. The number of amides is 2. The summed E-state index contributed by atoms with van der Waals surface area (Å²) < 4.78 is 5.20. The van der Waals surface area contributed by atoms with E-state index >= 15 is 0 Å². The summed E-state index contributed by atoms with van der Waals surface area (Å²) in [4.78, 5) is 38.3. The molecule has 2 aromatic rings. The van der Waals surface area contributed by atoms with E-state index in [4.69, 9.17) is 4.74 Å². The normalized spacial score (nSPS) is 15.4. The second-order valence-corrected chi connectivity index (χ2v) is 7.13. The average Bonchev–Trinajstić information content (AvgIpc) is 3.34. The van der Waals surface area contributed by atoms with E-state index in [2.05, 4.69) is 5.32 Å². The summed E-state index contributed by atoms with van der Waals surface area (Å²) in [6.07, 6.45) is 4.50. The number of ether oxygens (including phenoxy) is 1. The highest BCUT2D eigenvalue weighted by Crippen LogP contribution is 2.26. The maximum absolute atomic E-state index is 12.5. The Labute approximate surface area is 163 Å². The summed E-state index contributed by atoms with van der Waals surface area (Å²) in [7, 11) is 0. The van der Waals surface area contributed by atoms with Gasteiger partial charge in [0.1, 0.15) is 0 Å². The number of nitrogens with one attached hydrogen (secondary N) is 1. The zero-order valence-corrected chi connectivity index (χ0v) is 15.6. The van der Waals surface area contributed by atoms with Crippen molar-refractivity contribution >= 4 is 29.2 Å². The Morgan fingerprint density at radius 1 is 1.00 bits per heavy atom. The van der Waals surface area contributed by atoms with Gasteiger partial charge in [0.2, 0.25) is 5.91 Å². The first kappa shape index (κ1) is 18.2. The third-order valence-electron chi connectivity index (χ3n) is 5.20. The van der Waals surface area contributed by atoms with Crippen molar-refractivity contribution in [1.82, 2.24) is 0 Å². The molecule has 0 unspecified atom stereocenters. The van der Waals surface area contributed by atoms with Crippen LogP contribution in [0.2, 0.25) is 0 Å². The van der Waals surface area contributed by atoms with E-state index in [1.165, 1.54) is 11.1 Å². The van der Waals surface area contributed by atoms with Crippen molar-refractivity contribution in [3.05, 3.63) is 59.2 Å². The fraction of sp³-hybridized carbons (Fsp3) is 0.318. The van der Waals surface area contributed by atoms with Gasteiger partial charge in [-0.05, 0) is 61.1 Å². The number of anilines is 2. The molecule has 2 aromatic carbocycles. The zero-order valence-electron chi connectivity index (χ0n) is 15.6. The van der Waals surface area contributed by atoms with Crippen LogP contribution in [0.15, 0.2) is 42.5 Å². The molecule has 1 heterocycles. The Hall–Kier alpha value is -3.15. The van der Waals surface area contributed by atoms with Crippen molar-refractivity contribution in [2.75, 3.05) is 23.4 Å². The van der Waals surface area contributed by atoms with Crippen molar-refractivity contribution in [2.24, 2.45) is 0 Å². The van der Waals surface area contributed by atoms with Gasteiger partial charge in [0, 0.05) is 18.7 Å². The first-order chi connectivity index (χ1) is 13.6. The highest BCUT2D eigenvalue weighted by Gasteiger charge is 2.26. The molecule has 0 spiro atoms. The molecule has 6 heteroatoms. The molecule has 2 aliphatic rings. The molecular formula is C22H22N2O4. The summed E-state index contributed by atoms with van der Waals surface area (Å²) in [5.41, 5.74) is 4.14. The number of hydrogen-bond acceptors (Lipinski definition) is 4. The molecule has 1 N–H and O–H groups in total. The van der Waals surface area contributed by atoms with Gasteiger partial charge in [-0.25, -0.2) is 4.79 Å². The van der Waals surface area contributed by atoms with Crippen LogP contribution in [0, 0.1) is 0 Å². The van der Waals surface area contributed by atoms with Crippen LogP contribution in [0.4, 0.5) is 11.4 Å². The monoisotopic (exact) mass is 378 g/mol. The second-order valence-electron chi connectivity index (χ2n) is 7.13. The van der Waals surface area contributed by atoms with Gasteiger partial charge in [0.15, 0.2) is 6.61 Å². The minimum atomic E-state index is -0.612. The largest absolute Gasteiger partial charge is 0.452 e. The molecule has 0 saturated carbocycles. The van der Waals surface area contributed by atoms with Gasteiger partial charge in [-0.3, -0.25) is 9.59 Å². The highest BCUT2D eigenvalue weighted by atomic mass is 16.5. The van der Waals surface area contributed by atoms with Gasteiger partial charge in [-0.1, -0.05) is 18.2 Å². The number of esters is 1. The van der Waals surface area contributed by atoms with Gasteiger partial charge < -0.3 is 15.0 Å². The Kier molecular flexibility index (Phi) is 5.10. The van der Waals surface area contributed by atoms with Crippen molar-refractivity contribution < 1.29 is 19.1 Å².